The fraction of sp³-hybridized carbons (Fsp3) is 0.464. The van der Waals surface area contributed by atoms with Crippen LogP contribution < -0.4 is 5.32 Å². The molecule has 7 rings (SSSR count). The summed E-state index contributed by atoms with van der Waals surface area (Å²) in [5.41, 5.74) is 3.85. The van der Waals surface area contributed by atoms with Crippen LogP contribution in [0, 0.1) is 17.8 Å². The van der Waals surface area contributed by atoms with Crippen molar-refractivity contribution >= 4 is 18.0 Å². The molecule has 2 saturated heterocycles. The quantitative estimate of drug-likeness (QED) is 0.632. The first-order valence-corrected chi connectivity index (χ1v) is 12.6. The van der Waals surface area contributed by atoms with Gasteiger partial charge in [-0.3, -0.25) is 4.79 Å². The number of hydrogen-bond acceptors (Lipinski definition) is 4. The number of alkyl carbamates (subject to hydrolysis) is 1. The van der Waals surface area contributed by atoms with Crippen LogP contribution in [0.5, 0.6) is 0 Å². The summed E-state index contributed by atoms with van der Waals surface area (Å²) in [6.07, 6.45) is 2.94. The molecule has 2 bridgehead atoms. The summed E-state index contributed by atoms with van der Waals surface area (Å²) in [5, 5.41) is 12.4. The zero-order valence-corrected chi connectivity index (χ0v) is 19.6. The highest BCUT2D eigenvalue weighted by Crippen LogP contribution is 2.51. The summed E-state index contributed by atoms with van der Waals surface area (Å²) < 4.78 is 5.60. The van der Waals surface area contributed by atoms with Gasteiger partial charge in [0.15, 0.2) is 0 Å². The molecule has 2 amide bonds. The van der Waals surface area contributed by atoms with E-state index in [1.54, 1.807) is 4.90 Å². The molecule has 5 aliphatic rings. The van der Waals surface area contributed by atoms with Crippen LogP contribution in [-0.4, -0.2) is 53.2 Å². The second kappa shape index (κ2) is 8.40. The number of ether oxygens (including phenoxy) is 1. The van der Waals surface area contributed by atoms with Gasteiger partial charge in [0.25, 0.3) is 0 Å². The van der Waals surface area contributed by atoms with Crippen LogP contribution in [0.1, 0.15) is 49.1 Å². The molecule has 4 fully saturated rings. The number of benzene rings is 2. The van der Waals surface area contributed by atoms with Crippen LogP contribution in [0.4, 0.5) is 4.79 Å². The molecular weight excluding hydrogens is 444 g/mol. The number of nitrogens with one attached hydrogen (secondary N) is 1. The Bertz CT molecular complexity index is 1140. The predicted octanol–water partition coefficient (Wildman–Crippen LogP) is 4.02. The Morgan fingerprint density at radius 2 is 1.60 bits per heavy atom. The number of nitrogens with zero attached hydrogens (tertiary/aromatic N) is 1. The smallest absolute Gasteiger partial charge is 0.407 e. The number of carbonyl (C=O) groups excluding carboxylic acids is 2. The maximum Gasteiger partial charge on any atom is 0.407 e. The predicted molar refractivity (Wildman–Crippen MR) is 129 cm³/mol. The van der Waals surface area contributed by atoms with Gasteiger partial charge in [-0.2, -0.15) is 0 Å². The molecule has 2 saturated carbocycles. The van der Waals surface area contributed by atoms with E-state index in [-0.39, 0.29) is 17.7 Å². The van der Waals surface area contributed by atoms with E-state index >= 15 is 0 Å². The Labute approximate surface area is 204 Å². The van der Waals surface area contributed by atoms with Crippen LogP contribution >= 0.6 is 0 Å². The molecule has 0 spiro atoms. The first kappa shape index (κ1) is 22.1. The van der Waals surface area contributed by atoms with Crippen molar-refractivity contribution < 1.29 is 24.2 Å². The van der Waals surface area contributed by atoms with Gasteiger partial charge < -0.3 is 20.1 Å². The molecule has 3 aliphatic carbocycles. The van der Waals surface area contributed by atoms with E-state index < -0.39 is 17.6 Å². The van der Waals surface area contributed by atoms with Crippen LogP contribution in [-0.2, 0) is 14.3 Å². The molecule has 2 N–H and O–H groups in total. The monoisotopic (exact) mass is 474 g/mol. The number of aliphatic carboxylic acids is 1. The SMILES string of the molecule is O=C(NCC1CC(CC(=O)N2CC3CC2(C(=O)O)C3)C1)OCC1c2ccccc2-c2ccccc21. The second-order valence-electron chi connectivity index (χ2n) is 10.7. The van der Waals surface area contributed by atoms with E-state index in [0.717, 1.165) is 12.8 Å². The zero-order valence-electron chi connectivity index (χ0n) is 19.6. The summed E-state index contributed by atoms with van der Waals surface area (Å²) in [4.78, 5) is 38.4. The minimum absolute atomic E-state index is 0.0275. The fourth-order valence-electron chi connectivity index (χ4n) is 6.75. The first-order valence-electron chi connectivity index (χ1n) is 12.6. The zero-order chi connectivity index (χ0) is 24.2. The highest BCUT2D eigenvalue weighted by Gasteiger charge is 2.62. The van der Waals surface area contributed by atoms with Crippen LogP contribution in [0.3, 0.4) is 0 Å². The van der Waals surface area contributed by atoms with Crippen molar-refractivity contribution in [3.8, 4) is 11.1 Å². The minimum Gasteiger partial charge on any atom is -0.479 e. The lowest BCUT2D eigenvalue weighted by Gasteiger charge is -2.40. The largest absolute Gasteiger partial charge is 0.479 e. The molecule has 2 aromatic carbocycles. The Hall–Kier alpha value is -3.35. The molecule has 35 heavy (non-hydrogen) atoms. The number of fused-ring (bicyclic) bond motifs is 4. The van der Waals surface area contributed by atoms with Crippen LogP contribution in [0.2, 0.25) is 0 Å². The molecule has 0 unspecified atom stereocenters. The van der Waals surface area contributed by atoms with E-state index in [0.29, 0.717) is 50.8 Å². The van der Waals surface area contributed by atoms with Crippen molar-refractivity contribution in [2.24, 2.45) is 17.8 Å². The number of carboxylic acid groups (broad SMARTS) is 1. The lowest BCUT2D eigenvalue weighted by atomic mass is 9.72. The maximum absolute atomic E-state index is 12.7. The van der Waals surface area contributed by atoms with Gasteiger partial charge in [0, 0.05) is 25.4 Å². The third kappa shape index (κ3) is 3.68. The van der Waals surface area contributed by atoms with Gasteiger partial charge in [-0.15, -0.1) is 0 Å². The Morgan fingerprint density at radius 3 is 2.23 bits per heavy atom. The standard InChI is InChI=1S/C28H30N2O5/c31-25(30-15-19-12-28(30,13-19)26(32)33)11-17-9-18(10-17)14-29-27(34)35-16-24-22-7-3-1-5-20(22)21-6-2-4-8-23(21)24/h1-8,17-19,24H,9-16H2,(H,29,34)(H,32,33). The van der Waals surface area contributed by atoms with E-state index in [9.17, 15) is 19.5 Å². The van der Waals surface area contributed by atoms with Gasteiger partial charge in [-0.1, -0.05) is 48.5 Å². The van der Waals surface area contributed by atoms with Crippen molar-refractivity contribution in [2.45, 2.75) is 43.6 Å². The van der Waals surface area contributed by atoms with Gasteiger partial charge in [0.1, 0.15) is 12.1 Å². The number of carboxylic acids is 1. The molecule has 182 valence electrons. The van der Waals surface area contributed by atoms with E-state index in [1.165, 1.54) is 22.3 Å². The van der Waals surface area contributed by atoms with Crippen LogP contribution in [0.15, 0.2) is 48.5 Å². The Kier molecular flexibility index (Phi) is 5.31. The van der Waals surface area contributed by atoms with Gasteiger partial charge in [0.05, 0.1) is 0 Å². The van der Waals surface area contributed by atoms with Crippen molar-refractivity contribution in [3.05, 3.63) is 59.7 Å². The lowest BCUT2D eigenvalue weighted by Crippen LogP contribution is -2.55. The molecule has 0 aromatic heterocycles. The topological polar surface area (TPSA) is 95.9 Å². The van der Waals surface area contributed by atoms with Gasteiger partial charge >= 0.3 is 12.1 Å². The third-order valence-electron chi connectivity index (χ3n) is 8.58. The summed E-state index contributed by atoms with van der Waals surface area (Å²) in [7, 11) is 0. The number of hydrogen-bond donors (Lipinski definition) is 2. The van der Waals surface area contributed by atoms with Crippen LogP contribution in [0.25, 0.3) is 11.1 Å². The molecule has 2 aromatic rings. The molecule has 7 heteroatoms. The second-order valence-corrected chi connectivity index (χ2v) is 10.7. The Balaban J connectivity index is 0.948. The van der Waals surface area contributed by atoms with E-state index in [2.05, 4.69) is 29.6 Å². The molecule has 0 radical (unpaired) electrons. The van der Waals surface area contributed by atoms with Crippen molar-refractivity contribution in [3.63, 3.8) is 0 Å². The molecule has 7 nitrogen and oxygen atoms in total. The summed E-state index contributed by atoms with van der Waals surface area (Å²) in [6, 6.07) is 16.5. The summed E-state index contributed by atoms with van der Waals surface area (Å²) in [5.74, 6) is 0.0942. The number of rotatable bonds is 7. The first-order chi connectivity index (χ1) is 16.9. The van der Waals surface area contributed by atoms with Crippen molar-refractivity contribution in [1.82, 2.24) is 10.2 Å². The average molecular weight is 475 g/mol. The fourth-order valence-corrected chi connectivity index (χ4v) is 6.75. The average Bonchev–Trinajstić information content (AvgIpc) is 3.47. The minimum atomic E-state index is -0.934. The van der Waals surface area contributed by atoms with E-state index in [4.69, 9.17) is 4.74 Å². The maximum atomic E-state index is 12.7. The van der Waals surface area contributed by atoms with Crippen molar-refractivity contribution in [1.29, 1.82) is 0 Å². The molecular formula is C28H30N2O5. The molecule has 2 aliphatic heterocycles. The van der Waals surface area contributed by atoms with Gasteiger partial charge in [-0.25, -0.2) is 9.59 Å². The number of amides is 2. The summed E-state index contributed by atoms with van der Waals surface area (Å²) >= 11 is 0. The highest BCUT2D eigenvalue weighted by atomic mass is 16.5. The summed E-state index contributed by atoms with van der Waals surface area (Å²) in [6.45, 7) is 1.42. The van der Waals surface area contributed by atoms with Gasteiger partial charge in [0.2, 0.25) is 5.91 Å². The third-order valence-corrected chi connectivity index (χ3v) is 8.58. The Morgan fingerprint density at radius 1 is 0.971 bits per heavy atom. The van der Waals surface area contributed by atoms with Crippen molar-refractivity contribution in [2.75, 3.05) is 19.7 Å². The highest BCUT2D eigenvalue weighted by molar-refractivity contribution is 5.89. The molecule has 0 atom stereocenters. The molecule has 2 heterocycles. The number of carbonyl (C=O) groups is 3. The normalized spacial score (nSPS) is 27.9. The van der Waals surface area contributed by atoms with Gasteiger partial charge in [-0.05, 0) is 65.7 Å². The van der Waals surface area contributed by atoms with E-state index in [1.807, 2.05) is 24.3 Å². The lowest BCUT2D eigenvalue weighted by molar-refractivity contribution is -0.159.